The summed E-state index contributed by atoms with van der Waals surface area (Å²) in [6.45, 7) is 5.65. The number of nitrogens with two attached hydrogens (primary N) is 1. The Labute approximate surface area is 155 Å². The van der Waals surface area contributed by atoms with Crippen LogP contribution in [0, 0.1) is 0 Å². The zero-order valence-corrected chi connectivity index (χ0v) is 15.6. The van der Waals surface area contributed by atoms with E-state index in [0.29, 0.717) is 17.7 Å². The SMILES string of the molecule is CCCC(C)(N)C(=O)NC(C)c1cccc(NC(=O)c2ccccc2)c1. The molecule has 0 aliphatic carbocycles. The van der Waals surface area contributed by atoms with E-state index in [9.17, 15) is 9.59 Å². The zero-order valence-electron chi connectivity index (χ0n) is 15.6. The maximum atomic E-state index is 12.4. The number of hydrogen-bond donors (Lipinski definition) is 3. The Morgan fingerprint density at radius 2 is 1.81 bits per heavy atom. The highest BCUT2D eigenvalue weighted by molar-refractivity contribution is 6.04. The van der Waals surface area contributed by atoms with E-state index >= 15 is 0 Å². The van der Waals surface area contributed by atoms with Gasteiger partial charge in [0, 0.05) is 11.3 Å². The van der Waals surface area contributed by atoms with Crippen molar-refractivity contribution >= 4 is 17.5 Å². The predicted molar refractivity (Wildman–Crippen MR) is 105 cm³/mol. The molecule has 5 nitrogen and oxygen atoms in total. The van der Waals surface area contributed by atoms with Gasteiger partial charge in [0.15, 0.2) is 0 Å². The van der Waals surface area contributed by atoms with Gasteiger partial charge < -0.3 is 16.4 Å². The molecule has 0 aromatic heterocycles. The first kappa shape index (κ1) is 19.7. The minimum atomic E-state index is -0.887. The third-order valence-corrected chi connectivity index (χ3v) is 4.32. The van der Waals surface area contributed by atoms with E-state index in [1.807, 2.05) is 56.3 Å². The fourth-order valence-electron chi connectivity index (χ4n) is 2.76. The smallest absolute Gasteiger partial charge is 0.255 e. The number of carbonyl (C=O) groups excluding carboxylic acids is 2. The number of benzene rings is 2. The van der Waals surface area contributed by atoms with Crippen LogP contribution in [-0.2, 0) is 4.79 Å². The molecule has 0 aliphatic heterocycles. The Morgan fingerprint density at radius 1 is 1.12 bits per heavy atom. The summed E-state index contributed by atoms with van der Waals surface area (Å²) < 4.78 is 0. The van der Waals surface area contributed by atoms with Gasteiger partial charge >= 0.3 is 0 Å². The first-order valence-corrected chi connectivity index (χ1v) is 8.89. The van der Waals surface area contributed by atoms with Crippen LogP contribution >= 0.6 is 0 Å². The van der Waals surface area contributed by atoms with Gasteiger partial charge in [-0.1, -0.05) is 43.7 Å². The molecule has 138 valence electrons. The van der Waals surface area contributed by atoms with Crippen LogP contribution in [0.5, 0.6) is 0 Å². The topological polar surface area (TPSA) is 84.2 Å². The van der Waals surface area contributed by atoms with E-state index in [1.165, 1.54) is 0 Å². The summed E-state index contributed by atoms with van der Waals surface area (Å²) in [5.41, 5.74) is 7.38. The van der Waals surface area contributed by atoms with Crippen molar-refractivity contribution in [3.05, 3.63) is 65.7 Å². The van der Waals surface area contributed by atoms with Crippen LogP contribution in [0.1, 0.15) is 55.6 Å². The number of anilines is 1. The van der Waals surface area contributed by atoms with E-state index < -0.39 is 5.54 Å². The van der Waals surface area contributed by atoms with Crippen molar-refractivity contribution in [2.24, 2.45) is 5.73 Å². The molecule has 4 N–H and O–H groups in total. The van der Waals surface area contributed by atoms with Crippen molar-refractivity contribution in [3.63, 3.8) is 0 Å². The van der Waals surface area contributed by atoms with Gasteiger partial charge in [0.2, 0.25) is 5.91 Å². The summed E-state index contributed by atoms with van der Waals surface area (Å²) in [6.07, 6.45) is 1.47. The van der Waals surface area contributed by atoms with Gasteiger partial charge in [0.05, 0.1) is 11.6 Å². The van der Waals surface area contributed by atoms with Gasteiger partial charge in [-0.05, 0) is 50.1 Å². The molecule has 0 heterocycles. The molecule has 2 amide bonds. The van der Waals surface area contributed by atoms with Crippen LogP contribution < -0.4 is 16.4 Å². The van der Waals surface area contributed by atoms with E-state index in [4.69, 9.17) is 5.73 Å². The average molecular weight is 353 g/mol. The lowest BCUT2D eigenvalue weighted by atomic mass is 9.95. The second-order valence-electron chi connectivity index (χ2n) is 6.81. The lowest BCUT2D eigenvalue weighted by Crippen LogP contribution is -2.52. The van der Waals surface area contributed by atoms with Gasteiger partial charge in [0.25, 0.3) is 5.91 Å². The lowest BCUT2D eigenvalue weighted by Gasteiger charge is -2.25. The fraction of sp³-hybridized carbons (Fsp3) is 0.333. The maximum absolute atomic E-state index is 12.4. The Morgan fingerprint density at radius 3 is 2.46 bits per heavy atom. The van der Waals surface area contributed by atoms with Crippen LogP contribution in [0.2, 0.25) is 0 Å². The largest absolute Gasteiger partial charge is 0.348 e. The number of hydrogen-bond acceptors (Lipinski definition) is 3. The molecule has 0 radical (unpaired) electrons. The standard InChI is InChI=1S/C21H27N3O2/c1-4-13-21(3,22)20(26)23-15(2)17-11-8-12-18(14-17)24-19(25)16-9-6-5-7-10-16/h5-12,14-15H,4,13,22H2,1-3H3,(H,23,26)(H,24,25). The van der Waals surface area contributed by atoms with Crippen molar-refractivity contribution < 1.29 is 9.59 Å². The van der Waals surface area contributed by atoms with Crippen LogP contribution in [-0.4, -0.2) is 17.4 Å². The van der Waals surface area contributed by atoms with Crippen molar-refractivity contribution in [1.29, 1.82) is 0 Å². The minimum Gasteiger partial charge on any atom is -0.348 e. The summed E-state index contributed by atoms with van der Waals surface area (Å²) in [7, 11) is 0. The summed E-state index contributed by atoms with van der Waals surface area (Å²) in [5.74, 6) is -0.345. The molecule has 0 saturated carbocycles. The lowest BCUT2D eigenvalue weighted by molar-refractivity contribution is -0.126. The monoisotopic (exact) mass is 353 g/mol. The number of carbonyl (C=O) groups is 2. The van der Waals surface area contributed by atoms with Crippen molar-refractivity contribution in [2.75, 3.05) is 5.32 Å². The molecule has 0 saturated heterocycles. The highest BCUT2D eigenvalue weighted by Gasteiger charge is 2.28. The molecule has 2 unspecified atom stereocenters. The Balaban J connectivity index is 2.06. The quantitative estimate of drug-likeness (QED) is 0.710. The molecule has 0 aliphatic rings. The first-order valence-electron chi connectivity index (χ1n) is 8.89. The van der Waals surface area contributed by atoms with Crippen molar-refractivity contribution in [1.82, 2.24) is 5.32 Å². The first-order chi connectivity index (χ1) is 12.3. The maximum Gasteiger partial charge on any atom is 0.255 e. The second kappa shape index (κ2) is 8.63. The van der Waals surface area contributed by atoms with Gasteiger partial charge in [-0.15, -0.1) is 0 Å². The van der Waals surface area contributed by atoms with Crippen molar-refractivity contribution in [3.8, 4) is 0 Å². The fourth-order valence-corrected chi connectivity index (χ4v) is 2.76. The summed E-state index contributed by atoms with van der Waals surface area (Å²) in [4.78, 5) is 24.7. The van der Waals surface area contributed by atoms with Crippen LogP contribution in [0.25, 0.3) is 0 Å². The number of nitrogens with one attached hydrogen (secondary N) is 2. The molecule has 2 rings (SSSR count). The molecule has 5 heteroatoms. The van der Waals surface area contributed by atoms with Gasteiger partial charge in [-0.3, -0.25) is 9.59 Å². The molecule has 2 atom stereocenters. The molecule has 2 aromatic carbocycles. The van der Waals surface area contributed by atoms with E-state index in [-0.39, 0.29) is 17.9 Å². The number of rotatable bonds is 7. The molecular weight excluding hydrogens is 326 g/mol. The van der Waals surface area contributed by atoms with Crippen LogP contribution in [0.4, 0.5) is 5.69 Å². The van der Waals surface area contributed by atoms with Crippen molar-refractivity contribution in [2.45, 2.75) is 45.2 Å². The van der Waals surface area contributed by atoms with Gasteiger partial charge in [0.1, 0.15) is 0 Å². The molecule has 0 spiro atoms. The summed E-state index contributed by atoms with van der Waals surface area (Å²) in [5, 5.41) is 5.84. The molecule has 0 bridgehead atoms. The van der Waals surface area contributed by atoms with Gasteiger partial charge in [-0.25, -0.2) is 0 Å². The molecular formula is C21H27N3O2. The Kier molecular flexibility index (Phi) is 6.52. The van der Waals surface area contributed by atoms with Crippen LogP contribution in [0.3, 0.4) is 0 Å². The van der Waals surface area contributed by atoms with E-state index in [1.54, 1.807) is 19.1 Å². The molecule has 26 heavy (non-hydrogen) atoms. The Bertz CT molecular complexity index is 757. The predicted octanol–water partition coefficient (Wildman–Crippen LogP) is 3.63. The van der Waals surface area contributed by atoms with E-state index in [2.05, 4.69) is 10.6 Å². The Hall–Kier alpha value is -2.66. The second-order valence-corrected chi connectivity index (χ2v) is 6.81. The van der Waals surface area contributed by atoms with Gasteiger partial charge in [-0.2, -0.15) is 0 Å². The minimum absolute atomic E-state index is 0.170. The van der Waals surface area contributed by atoms with E-state index in [0.717, 1.165) is 12.0 Å². The zero-order chi connectivity index (χ0) is 19.2. The van der Waals surface area contributed by atoms with Crippen LogP contribution in [0.15, 0.2) is 54.6 Å². The molecule has 2 aromatic rings. The average Bonchev–Trinajstić information content (AvgIpc) is 2.62. The summed E-state index contributed by atoms with van der Waals surface area (Å²) >= 11 is 0. The third-order valence-electron chi connectivity index (χ3n) is 4.32. The molecule has 0 fully saturated rings. The highest BCUT2D eigenvalue weighted by atomic mass is 16.2. The third kappa shape index (κ3) is 5.17. The number of amides is 2. The normalized spacial score (nSPS) is 14.2. The highest BCUT2D eigenvalue weighted by Crippen LogP contribution is 2.19. The summed E-state index contributed by atoms with van der Waals surface area (Å²) in [6, 6.07) is 16.3.